The molecule has 2 rings (SSSR count). The summed E-state index contributed by atoms with van der Waals surface area (Å²) < 4.78 is 1.27. The number of rotatable bonds is 4. The molecule has 0 amide bonds. The van der Waals surface area contributed by atoms with Gasteiger partial charge >= 0.3 is 0 Å². The van der Waals surface area contributed by atoms with Crippen LogP contribution in [0.15, 0.2) is 53.4 Å². The highest BCUT2D eigenvalue weighted by Crippen LogP contribution is 2.19. The van der Waals surface area contributed by atoms with Crippen LogP contribution in [0.2, 0.25) is 0 Å². The molecular formula is C14H14INS. The van der Waals surface area contributed by atoms with E-state index in [-0.39, 0.29) is 0 Å². The molecule has 17 heavy (non-hydrogen) atoms. The molecule has 0 aliphatic carbocycles. The van der Waals surface area contributed by atoms with Crippen molar-refractivity contribution < 1.29 is 0 Å². The van der Waals surface area contributed by atoms with Crippen LogP contribution in [0.4, 0.5) is 5.69 Å². The largest absolute Gasteiger partial charge is 0.381 e. The van der Waals surface area contributed by atoms with Gasteiger partial charge in [0.2, 0.25) is 0 Å². The zero-order valence-electron chi connectivity index (χ0n) is 9.61. The third-order valence-corrected chi connectivity index (χ3v) is 3.92. The lowest BCUT2D eigenvalue weighted by atomic mass is 10.2. The lowest BCUT2D eigenvalue weighted by Gasteiger charge is -2.07. The molecule has 3 heteroatoms. The molecule has 0 heterocycles. The molecule has 0 radical (unpaired) electrons. The highest BCUT2D eigenvalue weighted by atomic mass is 127. The lowest BCUT2D eigenvalue weighted by molar-refractivity contribution is 1.14. The van der Waals surface area contributed by atoms with Crippen LogP contribution in [-0.2, 0) is 6.54 Å². The highest BCUT2D eigenvalue weighted by Gasteiger charge is 1.96. The Morgan fingerprint density at radius 1 is 1.12 bits per heavy atom. The summed E-state index contributed by atoms with van der Waals surface area (Å²) in [5, 5.41) is 3.44. The van der Waals surface area contributed by atoms with Crippen molar-refractivity contribution in [1.29, 1.82) is 0 Å². The van der Waals surface area contributed by atoms with Crippen molar-refractivity contribution >= 4 is 40.0 Å². The molecule has 0 unspecified atom stereocenters. The Morgan fingerprint density at radius 2 is 1.88 bits per heavy atom. The number of halogens is 1. The Balaban J connectivity index is 1.99. The smallest absolute Gasteiger partial charge is 0.0400 e. The van der Waals surface area contributed by atoms with Crippen LogP contribution >= 0.6 is 34.4 Å². The average molecular weight is 355 g/mol. The molecule has 0 atom stereocenters. The van der Waals surface area contributed by atoms with E-state index in [1.807, 2.05) is 0 Å². The molecule has 1 N–H and O–H groups in total. The van der Waals surface area contributed by atoms with Gasteiger partial charge in [-0.05, 0) is 64.7 Å². The van der Waals surface area contributed by atoms with E-state index in [1.165, 1.54) is 19.7 Å². The Hall–Kier alpha value is -0.680. The van der Waals surface area contributed by atoms with Gasteiger partial charge in [0.15, 0.2) is 0 Å². The zero-order chi connectivity index (χ0) is 12.1. The lowest BCUT2D eigenvalue weighted by Crippen LogP contribution is -1.99. The molecule has 0 fully saturated rings. The summed E-state index contributed by atoms with van der Waals surface area (Å²) in [7, 11) is 0. The van der Waals surface area contributed by atoms with E-state index < -0.39 is 0 Å². The van der Waals surface area contributed by atoms with Gasteiger partial charge in [0.05, 0.1) is 0 Å². The summed E-state index contributed by atoms with van der Waals surface area (Å²) in [5.41, 5.74) is 2.48. The predicted octanol–water partition coefficient (Wildman–Crippen LogP) is 4.63. The van der Waals surface area contributed by atoms with E-state index in [4.69, 9.17) is 0 Å². The van der Waals surface area contributed by atoms with Crippen molar-refractivity contribution in [3.8, 4) is 0 Å². The van der Waals surface area contributed by atoms with Crippen LogP contribution in [0, 0.1) is 3.57 Å². The quantitative estimate of drug-likeness (QED) is 0.634. The zero-order valence-corrected chi connectivity index (χ0v) is 12.6. The highest BCUT2D eigenvalue weighted by molar-refractivity contribution is 14.1. The van der Waals surface area contributed by atoms with Gasteiger partial charge in [-0.25, -0.2) is 0 Å². The van der Waals surface area contributed by atoms with Crippen molar-refractivity contribution in [1.82, 2.24) is 0 Å². The second-order valence-electron chi connectivity index (χ2n) is 3.71. The van der Waals surface area contributed by atoms with Gasteiger partial charge in [-0.2, -0.15) is 0 Å². The fourth-order valence-corrected chi connectivity index (χ4v) is 2.36. The first-order valence-corrected chi connectivity index (χ1v) is 7.70. The topological polar surface area (TPSA) is 12.0 Å². The fourth-order valence-electron chi connectivity index (χ4n) is 1.54. The molecule has 0 saturated carbocycles. The van der Waals surface area contributed by atoms with Crippen LogP contribution in [0.5, 0.6) is 0 Å². The van der Waals surface area contributed by atoms with Crippen molar-refractivity contribution in [2.24, 2.45) is 0 Å². The van der Waals surface area contributed by atoms with Crippen LogP contribution in [0.3, 0.4) is 0 Å². The normalized spacial score (nSPS) is 10.2. The maximum atomic E-state index is 3.44. The Bertz CT molecular complexity index is 482. The van der Waals surface area contributed by atoms with Gasteiger partial charge < -0.3 is 5.32 Å². The minimum atomic E-state index is 0.870. The Labute approximate surface area is 120 Å². The summed E-state index contributed by atoms with van der Waals surface area (Å²) in [5.74, 6) is 0. The molecule has 2 aromatic rings. The molecule has 1 nitrogen and oxygen atoms in total. The molecule has 0 aromatic heterocycles. The number of benzene rings is 2. The minimum absolute atomic E-state index is 0.870. The first kappa shape index (κ1) is 12.8. The maximum absolute atomic E-state index is 3.44. The molecular weight excluding hydrogens is 341 g/mol. The SMILES string of the molecule is CSc1cccc(NCc2ccc(I)cc2)c1. The Kier molecular flexibility index (Phi) is 4.74. The first-order chi connectivity index (χ1) is 8.28. The van der Waals surface area contributed by atoms with E-state index in [0.717, 1.165) is 6.54 Å². The molecule has 0 saturated heterocycles. The summed E-state index contributed by atoms with van der Waals surface area (Å²) in [6, 6.07) is 17.1. The van der Waals surface area contributed by atoms with E-state index in [1.54, 1.807) is 11.8 Å². The van der Waals surface area contributed by atoms with E-state index in [9.17, 15) is 0 Å². The molecule has 0 bridgehead atoms. The molecule has 2 aromatic carbocycles. The molecule has 0 aliphatic rings. The van der Waals surface area contributed by atoms with E-state index in [0.29, 0.717) is 0 Å². The summed E-state index contributed by atoms with van der Waals surface area (Å²) in [4.78, 5) is 1.29. The third kappa shape index (κ3) is 3.92. The fraction of sp³-hybridized carbons (Fsp3) is 0.143. The molecule has 88 valence electrons. The average Bonchev–Trinajstić information content (AvgIpc) is 2.38. The van der Waals surface area contributed by atoms with Gasteiger partial charge in [-0.15, -0.1) is 11.8 Å². The predicted molar refractivity (Wildman–Crippen MR) is 84.7 cm³/mol. The third-order valence-electron chi connectivity index (χ3n) is 2.48. The first-order valence-electron chi connectivity index (χ1n) is 5.40. The number of thioether (sulfide) groups is 1. The summed E-state index contributed by atoms with van der Waals surface area (Å²) in [6.45, 7) is 0.870. The standard InChI is InChI=1S/C14H14INS/c1-17-14-4-2-3-13(9-14)16-10-11-5-7-12(15)8-6-11/h2-9,16H,10H2,1H3. The van der Waals surface area contributed by atoms with Gasteiger partial charge in [-0.1, -0.05) is 18.2 Å². The van der Waals surface area contributed by atoms with Crippen molar-refractivity contribution in [2.45, 2.75) is 11.4 Å². The Morgan fingerprint density at radius 3 is 2.59 bits per heavy atom. The monoisotopic (exact) mass is 355 g/mol. The number of anilines is 1. The van der Waals surface area contributed by atoms with Gasteiger partial charge in [-0.3, -0.25) is 0 Å². The summed E-state index contributed by atoms with van der Waals surface area (Å²) in [6.07, 6.45) is 2.10. The van der Waals surface area contributed by atoms with Gasteiger partial charge in [0, 0.05) is 20.7 Å². The summed E-state index contributed by atoms with van der Waals surface area (Å²) >= 11 is 4.09. The van der Waals surface area contributed by atoms with Crippen LogP contribution in [-0.4, -0.2) is 6.26 Å². The molecule has 0 aliphatic heterocycles. The van der Waals surface area contributed by atoms with E-state index in [2.05, 4.69) is 82.7 Å². The van der Waals surface area contributed by atoms with Crippen molar-refractivity contribution in [3.63, 3.8) is 0 Å². The van der Waals surface area contributed by atoms with Gasteiger partial charge in [0.25, 0.3) is 0 Å². The number of nitrogens with one attached hydrogen (secondary N) is 1. The van der Waals surface area contributed by atoms with Gasteiger partial charge in [0.1, 0.15) is 0 Å². The molecule has 0 spiro atoms. The minimum Gasteiger partial charge on any atom is -0.381 e. The van der Waals surface area contributed by atoms with Crippen LogP contribution in [0.25, 0.3) is 0 Å². The van der Waals surface area contributed by atoms with E-state index >= 15 is 0 Å². The van der Waals surface area contributed by atoms with Crippen LogP contribution in [0.1, 0.15) is 5.56 Å². The van der Waals surface area contributed by atoms with Crippen molar-refractivity contribution in [2.75, 3.05) is 11.6 Å². The number of hydrogen-bond acceptors (Lipinski definition) is 2. The second kappa shape index (κ2) is 6.31. The number of hydrogen-bond donors (Lipinski definition) is 1. The van der Waals surface area contributed by atoms with Crippen LogP contribution < -0.4 is 5.32 Å². The second-order valence-corrected chi connectivity index (χ2v) is 5.84. The van der Waals surface area contributed by atoms with Crippen molar-refractivity contribution in [3.05, 3.63) is 57.7 Å². The maximum Gasteiger partial charge on any atom is 0.0400 e.